The van der Waals surface area contributed by atoms with E-state index < -0.39 is 9.84 Å². The molecule has 4 nitrogen and oxygen atoms in total. The molecule has 0 spiro atoms. The Labute approximate surface area is 109 Å². The van der Waals surface area contributed by atoms with E-state index in [1.165, 1.54) is 0 Å². The van der Waals surface area contributed by atoms with Crippen molar-refractivity contribution in [2.24, 2.45) is 0 Å². The molecule has 18 heavy (non-hydrogen) atoms. The number of anilines is 1. The van der Waals surface area contributed by atoms with Crippen molar-refractivity contribution in [3.8, 4) is 0 Å². The van der Waals surface area contributed by atoms with E-state index in [4.69, 9.17) is 0 Å². The number of benzene rings is 1. The molecule has 0 atom stereocenters. The van der Waals surface area contributed by atoms with E-state index in [9.17, 15) is 8.42 Å². The third-order valence-corrected chi connectivity index (χ3v) is 4.89. The van der Waals surface area contributed by atoms with Crippen LogP contribution in [0.3, 0.4) is 0 Å². The van der Waals surface area contributed by atoms with Crippen molar-refractivity contribution in [3.05, 3.63) is 30.3 Å². The van der Waals surface area contributed by atoms with Crippen molar-refractivity contribution >= 4 is 15.5 Å². The molecule has 0 amide bonds. The zero-order valence-electron chi connectivity index (χ0n) is 10.5. The van der Waals surface area contributed by atoms with Crippen molar-refractivity contribution in [3.63, 3.8) is 0 Å². The molecular formula is C13H20N2O2S. The van der Waals surface area contributed by atoms with Crippen molar-refractivity contribution in [2.75, 3.05) is 43.0 Å². The summed E-state index contributed by atoms with van der Waals surface area (Å²) in [6.45, 7) is 3.29. The molecule has 1 aliphatic heterocycles. The van der Waals surface area contributed by atoms with E-state index >= 15 is 0 Å². The molecular weight excluding hydrogens is 248 g/mol. The molecule has 1 fully saturated rings. The van der Waals surface area contributed by atoms with Gasteiger partial charge in [-0.1, -0.05) is 18.2 Å². The van der Waals surface area contributed by atoms with E-state index in [1.54, 1.807) is 0 Å². The molecule has 0 aliphatic carbocycles. The molecule has 1 heterocycles. The van der Waals surface area contributed by atoms with Crippen LogP contribution in [0.25, 0.3) is 0 Å². The highest BCUT2D eigenvalue weighted by Crippen LogP contribution is 2.06. The summed E-state index contributed by atoms with van der Waals surface area (Å²) in [6, 6.07) is 10.1. The predicted molar refractivity (Wildman–Crippen MR) is 74.6 cm³/mol. The zero-order valence-corrected chi connectivity index (χ0v) is 11.3. The molecule has 5 heteroatoms. The second-order valence-electron chi connectivity index (χ2n) is 4.64. The van der Waals surface area contributed by atoms with Crippen LogP contribution in [-0.2, 0) is 9.84 Å². The normalized spacial score (nSPS) is 20.2. The molecule has 0 radical (unpaired) electrons. The number of nitrogens with one attached hydrogen (secondary N) is 1. The monoisotopic (exact) mass is 268 g/mol. The molecule has 1 aromatic rings. The average molecular weight is 268 g/mol. The number of para-hydroxylation sites is 1. The van der Waals surface area contributed by atoms with E-state index in [0.717, 1.165) is 31.7 Å². The van der Waals surface area contributed by atoms with Gasteiger partial charge in [0.05, 0.1) is 11.5 Å². The summed E-state index contributed by atoms with van der Waals surface area (Å²) in [5.74, 6) is 0.647. The first-order chi connectivity index (χ1) is 8.66. The molecule has 0 saturated carbocycles. The quantitative estimate of drug-likeness (QED) is 0.892. The van der Waals surface area contributed by atoms with Gasteiger partial charge >= 0.3 is 0 Å². The molecule has 1 aliphatic rings. The van der Waals surface area contributed by atoms with E-state index in [-0.39, 0.29) is 0 Å². The first-order valence-corrected chi connectivity index (χ1v) is 8.19. The van der Waals surface area contributed by atoms with Crippen LogP contribution in [0.2, 0.25) is 0 Å². The Bertz CT molecular complexity index is 459. The second-order valence-corrected chi connectivity index (χ2v) is 6.94. The highest BCUT2D eigenvalue weighted by Gasteiger charge is 2.18. The van der Waals surface area contributed by atoms with Crippen LogP contribution in [-0.4, -0.2) is 51.0 Å². The Morgan fingerprint density at radius 3 is 2.67 bits per heavy atom. The van der Waals surface area contributed by atoms with Gasteiger partial charge in [-0.15, -0.1) is 0 Å². The van der Waals surface area contributed by atoms with Gasteiger partial charge in [-0.05, 0) is 25.1 Å². The Morgan fingerprint density at radius 2 is 1.89 bits per heavy atom. The maximum Gasteiger partial charge on any atom is 0.151 e. The summed E-state index contributed by atoms with van der Waals surface area (Å²) in [7, 11) is -2.79. The third kappa shape index (κ3) is 4.31. The molecule has 1 N–H and O–H groups in total. The van der Waals surface area contributed by atoms with Crippen LogP contribution in [0.5, 0.6) is 0 Å². The number of hydrogen-bond acceptors (Lipinski definition) is 4. The van der Waals surface area contributed by atoms with Crippen LogP contribution >= 0.6 is 0 Å². The SMILES string of the molecule is O=S1(=O)CCCN(CCNc2ccccc2)CC1. The van der Waals surface area contributed by atoms with Gasteiger partial charge in [0.25, 0.3) is 0 Å². The number of sulfone groups is 1. The lowest BCUT2D eigenvalue weighted by molar-refractivity contribution is 0.307. The minimum absolute atomic E-state index is 0.304. The molecule has 100 valence electrons. The Morgan fingerprint density at radius 1 is 1.11 bits per heavy atom. The topological polar surface area (TPSA) is 49.4 Å². The molecule has 0 unspecified atom stereocenters. The van der Waals surface area contributed by atoms with Gasteiger partial charge in [0.1, 0.15) is 0 Å². The van der Waals surface area contributed by atoms with Crippen molar-refractivity contribution in [1.29, 1.82) is 0 Å². The highest BCUT2D eigenvalue weighted by atomic mass is 32.2. The van der Waals surface area contributed by atoms with E-state index in [1.807, 2.05) is 30.3 Å². The second kappa shape index (κ2) is 6.20. The average Bonchev–Trinajstić information content (AvgIpc) is 2.52. The number of rotatable bonds is 4. The van der Waals surface area contributed by atoms with Crippen LogP contribution < -0.4 is 5.32 Å². The summed E-state index contributed by atoms with van der Waals surface area (Å²) < 4.78 is 22.9. The van der Waals surface area contributed by atoms with E-state index in [0.29, 0.717) is 18.1 Å². The Kier molecular flexibility index (Phi) is 4.60. The maximum atomic E-state index is 11.5. The summed E-state index contributed by atoms with van der Waals surface area (Å²) >= 11 is 0. The van der Waals surface area contributed by atoms with Crippen LogP contribution in [0.15, 0.2) is 30.3 Å². The van der Waals surface area contributed by atoms with Gasteiger partial charge in [0.15, 0.2) is 9.84 Å². The molecule has 0 bridgehead atoms. The smallest absolute Gasteiger partial charge is 0.151 e. The largest absolute Gasteiger partial charge is 0.384 e. The minimum Gasteiger partial charge on any atom is -0.384 e. The maximum absolute atomic E-state index is 11.5. The Hall–Kier alpha value is -1.07. The standard InChI is InChI=1S/C13H20N2O2S/c16-18(17)11-4-8-15(10-12-18)9-7-14-13-5-2-1-3-6-13/h1-3,5-6,14H,4,7-12H2. The van der Waals surface area contributed by atoms with Gasteiger partial charge in [-0.3, -0.25) is 0 Å². The number of nitrogens with zero attached hydrogens (tertiary/aromatic N) is 1. The van der Waals surface area contributed by atoms with Gasteiger partial charge in [0.2, 0.25) is 0 Å². The van der Waals surface area contributed by atoms with Crippen molar-refractivity contribution in [2.45, 2.75) is 6.42 Å². The van der Waals surface area contributed by atoms with Crippen molar-refractivity contribution in [1.82, 2.24) is 4.90 Å². The fourth-order valence-electron chi connectivity index (χ4n) is 2.13. The predicted octanol–water partition coefficient (Wildman–Crippen LogP) is 1.22. The van der Waals surface area contributed by atoms with E-state index in [2.05, 4.69) is 10.2 Å². The van der Waals surface area contributed by atoms with Crippen LogP contribution in [0.1, 0.15) is 6.42 Å². The van der Waals surface area contributed by atoms with Gasteiger partial charge < -0.3 is 10.2 Å². The first-order valence-electron chi connectivity index (χ1n) is 6.37. The summed E-state index contributed by atoms with van der Waals surface area (Å²) in [6.07, 6.45) is 0.758. The van der Waals surface area contributed by atoms with Gasteiger partial charge in [-0.2, -0.15) is 0 Å². The number of hydrogen-bond donors (Lipinski definition) is 1. The summed E-state index contributed by atoms with van der Waals surface area (Å²) in [5, 5.41) is 3.34. The fourth-order valence-corrected chi connectivity index (χ4v) is 3.44. The summed E-state index contributed by atoms with van der Waals surface area (Å²) in [4.78, 5) is 2.22. The highest BCUT2D eigenvalue weighted by molar-refractivity contribution is 7.91. The lowest BCUT2D eigenvalue weighted by Crippen LogP contribution is -2.31. The van der Waals surface area contributed by atoms with Crippen LogP contribution in [0.4, 0.5) is 5.69 Å². The zero-order chi connectivity index (χ0) is 12.8. The van der Waals surface area contributed by atoms with Crippen LogP contribution in [0, 0.1) is 0 Å². The fraction of sp³-hybridized carbons (Fsp3) is 0.538. The molecule has 1 saturated heterocycles. The molecule has 0 aromatic heterocycles. The Balaban J connectivity index is 1.74. The minimum atomic E-state index is -2.79. The van der Waals surface area contributed by atoms with Crippen molar-refractivity contribution < 1.29 is 8.42 Å². The van der Waals surface area contributed by atoms with Gasteiger partial charge in [0, 0.05) is 25.3 Å². The van der Waals surface area contributed by atoms with Gasteiger partial charge in [-0.25, -0.2) is 8.42 Å². The lowest BCUT2D eigenvalue weighted by atomic mass is 10.3. The molecule has 2 rings (SSSR count). The first kappa shape index (κ1) is 13.4. The third-order valence-electron chi connectivity index (χ3n) is 3.18. The summed E-state index contributed by atoms with van der Waals surface area (Å²) in [5.41, 5.74) is 1.11. The molecule has 1 aromatic carbocycles. The lowest BCUT2D eigenvalue weighted by Gasteiger charge is -2.19.